The van der Waals surface area contributed by atoms with Gasteiger partial charge in [-0.05, 0) is 68.6 Å². The Balaban J connectivity index is 1.65. The fourth-order valence-corrected chi connectivity index (χ4v) is 3.94. The zero-order valence-corrected chi connectivity index (χ0v) is 9.85. The van der Waals surface area contributed by atoms with E-state index in [0.29, 0.717) is 5.54 Å². The molecule has 2 aliphatic rings. The summed E-state index contributed by atoms with van der Waals surface area (Å²) >= 11 is 1.69. The lowest BCUT2D eigenvalue weighted by atomic mass is 9.75. The highest BCUT2D eigenvalue weighted by molar-refractivity contribution is 7.05. The number of aromatic nitrogens is 1. The first-order chi connectivity index (χ1) is 7.38. The molecule has 0 atom stereocenters. The molecule has 2 nitrogen and oxygen atoms in total. The molecule has 1 N–H and O–H groups in total. The molecule has 0 radical (unpaired) electrons. The van der Waals surface area contributed by atoms with Crippen LogP contribution >= 0.6 is 11.5 Å². The van der Waals surface area contributed by atoms with Gasteiger partial charge in [0, 0.05) is 16.6 Å². The molecule has 0 bridgehead atoms. The Bertz CT molecular complexity index is 304. The summed E-state index contributed by atoms with van der Waals surface area (Å²) in [5.41, 5.74) is 0.529. The van der Waals surface area contributed by atoms with Crippen molar-refractivity contribution in [3.8, 4) is 0 Å². The van der Waals surface area contributed by atoms with Crippen molar-refractivity contribution in [3.05, 3.63) is 17.1 Å². The maximum absolute atomic E-state index is 4.21. The van der Waals surface area contributed by atoms with Gasteiger partial charge < -0.3 is 5.32 Å². The van der Waals surface area contributed by atoms with E-state index in [2.05, 4.69) is 15.8 Å². The van der Waals surface area contributed by atoms with Gasteiger partial charge in [0.2, 0.25) is 0 Å². The number of rotatable bonds is 1. The van der Waals surface area contributed by atoms with Crippen LogP contribution in [0.15, 0.2) is 12.3 Å². The molecule has 3 rings (SSSR count). The van der Waals surface area contributed by atoms with Gasteiger partial charge in [-0.15, -0.1) is 0 Å². The second kappa shape index (κ2) is 3.87. The number of nitrogens with zero attached hydrogens (tertiary/aromatic N) is 1. The van der Waals surface area contributed by atoms with Crippen molar-refractivity contribution in [2.24, 2.45) is 0 Å². The summed E-state index contributed by atoms with van der Waals surface area (Å²) in [6.45, 7) is 1.24. The molecule has 0 amide bonds. The first kappa shape index (κ1) is 9.79. The second-order valence-electron chi connectivity index (χ2n) is 5.00. The third-order valence-electron chi connectivity index (χ3n) is 4.13. The van der Waals surface area contributed by atoms with Crippen molar-refractivity contribution in [1.29, 1.82) is 0 Å². The molecule has 1 aliphatic heterocycles. The van der Waals surface area contributed by atoms with Crippen molar-refractivity contribution in [3.63, 3.8) is 0 Å². The molecule has 0 aromatic carbocycles. The molecule has 0 unspecified atom stereocenters. The first-order valence-corrected chi connectivity index (χ1v) is 6.81. The maximum atomic E-state index is 4.21. The van der Waals surface area contributed by atoms with Gasteiger partial charge in [0.1, 0.15) is 0 Å². The average Bonchev–Trinajstić information content (AvgIpc) is 2.91. The summed E-state index contributed by atoms with van der Waals surface area (Å²) in [7, 11) is 0. The summed E-state index contributed by atoms with van der Waals surface area (Å²) in [5, 5.41) is 3.73. The standard InChI is InChI=1S/C12H18N2S/c1-5-12(13-8-1)6-2-10(3-7-12)11-4-9-14-15-11/h4,9-10,13H,1-3,5-8H2. The second-order valence-corrected chi connectivity index (χ2v) is 5.86. The molecule has 15 heavy (non-hydrogen) atoms. The van der Waals surface area contributed by atoms with Crippen LogP contribution in [0.3, 0.4) is 0 Å². The smallest absolute Gasteiger partial charge is 0.0409 e. The lowest BCUT2D eigenvalue weighted by Gasteiger charge is -2.37. The third kappa shape index (κ3) is 1.83. The molecule has 1 aliphatic carbocycles. The Morgan fingerprint density at radius 1 is 1.33 bits per heavy atom. The van der Waals surface area contributed by atoms with E-state index in [9.17, 15) is 0 Å². The number of nitrogens with one attached hydrogen (secondary N) is 1. The Kier molecular flexibility index (Phi) is 2.53. The minimum atomic E-state index is 0.529. The molecule has 1 saturated carbocycles. The zero-order valence-electron chi connectivity index (χ0n) is 9.04. The summed E-state index contributed by atoms with van der Waals surface area (Å²) in [5.74, 6) is 0.797. The van der Waals surface area contributed by atoms with Crippen LogP contribution in [0.4, 0.5) is 0 Å². The van der Waals surface area contributed by atoms with Crippen LogP contribution < -0.4 is 5.32 Å². The van der Waals surface area contributed by atoms with Crippen molar-refractivity contribution in [2.45, 2.75) is 50.0 Å². The van der Waals surface area contributed by atoms with Crippen molar-refractivity contribution >= 4 is 11.5 Å². The SMILES string of the molecule is c1cc(C2CCC3(CCCN3)CC2)sn1. The van der Waals surface area contributed by atoms with Crippen molar-refractivity contribution in [2.75, 3.05) is 6.54 Å². The quantitative estimate of drug-likeness (QED) is 0.790. The minimum Gasteiger partial charge on any atom is -0.311 e. The van der Waals surface area contributed by atoms with Gasteiger partial charge in [-0.1, -0.05) is 0 Å². The summed E-state index contributed by atoms with van der Waals surface area (Å²) < 4.78 is 4.21. The van der Waals surface area contributed by atoms with Crippen LogP contribution in [-0.4, -0.2) is 16.5 Å². The van der Waals surface area contributed by atoms with E-state index < -0.39 is 0 Å². The Labute approximate surface area is 95.3 Å². The highest BCUT2D eigenvalue weighted by Gasteiger charge is 2.37. The van der Waals surface area contributed by atoms with Crippen LogP contribution in [0.2, 0.25) is 0 Å². The highest BCUT2D eigenvalue weighted by Crippen LogP contribution is 2.42. The first-order valence-electron chi connectivity index (χ1n) is 6.04. The van der Waals surface area contributed by atoms with E-state index in [1.807, 2.05) is 6.20 Å². The predicted molar refractivity (Wildman–Crippen MR) is 63.3 cm³/mol. The molecule has 3 heteroatoms. The summed E-state index contributed by atoms with van der Waals surface area (Å²) in [6, 6.07) is 2.20. The number of hydrogen-bond donors (Lipinski definition) is 1. The van der Waals surface area contributed by atoms with Gasteiger partial charge in [-0.25, -0.2) is 4.37 Å². The van der Waals surface area contributed by atoms with Gasteiger partial charge in [-0.2, -0.15) is 0 Å². The van der Waals surface area contributed by atoms with Crippen LogP contribution in [0.5, 0.6) is 0 Å². The van der Waals surface area contributed by atoms with Crippen molar-refractivity contribution < 1.29 is 0 Å². The van der Waals surface area contributed by atoms with E-state index in [1.165, 1.54) is 49.9 Å². The minimum absolute atomic E-state index is 0.529. The summed E-state index contributed by atoms with van der Waals surface area (Å²) in [4.78, 5) is 1.50. The molecular weight excluding hydrogens is 204 g/mol. The van der Waals surface area contributed by atoms with Gasteiger partial charge in [-0.3, -0.25) is 0 Å². The number of hydrogen-bond acceptors (Lipinski definition) is 3. The molecular formula is C12H18N2S. The average molecular weight is 222 g/mol. The molecule has 2 heterocycles. The Morgan fingerprint density at radius 3 is 2.80 bits per heavy atom. The maximum Gasteiger partial charge on any atom is 0.0409 e. The van der Waals surface area contributed by atoms with Crippen LogP contribution in [-0.2, 0) is 0 Å². The largest absolute Gasteiger partial charge is 0.311 e. The normalized spacial score (nSPS) is 36.1. The molecule has 1 aromatic heterocycles. The fourth-order valence-electron chi connectivity index (χ4n) is 3.19. The van der Waals surface area contributed by atoms with E-state index >= 15 is 0 Å². The van der Waals surface area contributed by atoms with Gasteiger partial charge in [0.25, 0.3) is 0 Å². The van der Waals surface area contributed by atoms with Crippen LogP contribution in [0.1, 0.15) is 49.3 Å². The molecule has 82 valence electrons. The molecule has 2 fully saturated rings. The Morgan fingerprint density at radius 2 is 2.20 bits per heavy atom. The van der Waals surface area contributed by atoms with Crippen LogP contribution in [0.25, 0.3) is 0 Å². The van der Waals surface area contributed by atoms with Gasteiger partial charge >= 0.3 is 0 Å². The van der Waals surface area contributed by atoms with Gasteiger partial charge in [0.15, 0.2) is 0 Å². The topological polar surface area (TPSA) is 24.9 Å². The molecule has 1 spiro atoms. The lowest BCUT2D eigenvalue weighted by Crippen LogP contribution is -2.42. The Hall–Kier alpha value is -0.410. The van der Waals surface area contributed by atoms with E-state index in [1.54, 1.807) is 11.5 Å². The lowest BCUT2D eigenvalue weighted by molar-refractivity contribution is 0.245. The summed E-state index contributed by atoms with van der Waals surface area (Å²) in [6.07, 6.45) is 10.2. The zero-order chi connectivity index (χ0) is 10.1. The van der Waals surface area contributed by atoms with E-state index in [0.717, 1.165) is 5.92 Å². The fraction of sp³-hybridized carbons (Fsp3) is 0.750. The van der Waals surface area contributed by atoms with Crippen molar-refractivity contribution in [1.82, 2.24) is 9.69 Å². The predicted octanol–water partition coefficient (Wildman–Crippen LogP) is 2.92. The van der Waals surface area contributed by atoms with Gasteiger partial charge in [0.05, 0.1) is 0 Å². The molecule has 1 saturated heterocycles. The third-order valence-corrected chi connectivity index (χ3v) is 5.04. The van der Waals surface area contributed by atoms with Crippen LogP contribution in [0, 0.1) is 0 Å². The highest BCUT2D eigenvalue weighted by atomic mass is 32.1. The monoisotopic (exact) mass is 222 g/mol. The van der Waals surface area contributed by atoms with E-state index in [-0.39, 0.29) is 0 Å². The molecule has 1 aromatic rings. The van der Waals surface area contributed by atoms with E-state index in [4.69, 9.17) is 0 Å².